The van der Waals surface area contributed by atoms with Crippen molar-refractivity contribution in [1.82, 2.24) is 4.90 Å². The number of aliphatic carboxylic acids is 1. The number of phenolic OH excluding ortho intramolecular Hbond substituents is 1. The number of aromatic hydroxyl groups is 1. The molecule has 3 aliphatic carbocycles. The molecule has 3 aromatic rings. The van der Waals surface area contributed by atoms with Gasteiger partial charge >= 0.3 is 5.97 Å². The summed E-state index contributed by atoms with van der Waals surface area (Å²) in [5.74, 6) is -6.40. The summed E-state index contributed by atoms with van der Waals surface area (Å²) in [5.41, 5.74) is 1.07. The number of amides is 2. The number of Topliss-reactive ketones (excluding diaryl/α,β-unsaturated/α-hetero) is 1. The molecule has 2 amide bonds. The lowest BCUT2D eigenvalue weighted by molar-refractivity contribution is -0.142. The van der Waals surface area contributed by atoms with E-state index in [9.17, 15) is 24.6 Å². The van der Waals surface area contributed by atoms with Gasteiger partial charge in [0, 0.05) is 41.6 Å². The third-order valence-electron chi connectivity index (χ3n) is 10.8. The second-order valence-electron chi connectivity index (χ2n) is 13.0. The zero-order chi connectivity index (χ0) is 34.6. The fraction of sp³-hybridized carbons (Fsp3) is 0.308. The molecule has 2 fully saturated rings. The molecule has 3 aromatic carbocycles. The quantitative estimate of drug-likeness (QED) is 0.259. The van der Waals surface area contributed by atoms with E-state index in [1.54, 1.807) is 24.3 Å². The summed E-state index contributed by atoms with van der Waals surface area (Å²) in [6.07, 6.45) is 3.24. The Morgan fingerprint density at radius 3 is 2.14 bits per heavy atom. The lowest BCUT2D eigenvalue weighted by atomic mass is 9.44. The Labute approximate surface area is 282 Å². The first-order valence-corrected chi connectivity index (χ1v) is 16.3. The van der Waals surface area contributed by atoms with Crippen LogP contribution in [0, 0.1) is 23.7 Å². The van der Waals surface area contributed by atoms with Gasteiger partial charge in [0.15, 0.2) is 11.6 Å². The minimum absolute atomic E-state index is 0.0989. The van der Waals surface area contributed by atoms with Crippen molar-refractivity contribution in [3.8, 4) is 17.2 Å². The summed E-state index contributed by atoms with van der Waals surface area (Å²) >= 11 is 0. The molecule has 250 valence electrons. The fourth-order valence-corrected chi connectivity index (χ4v) is 8.89. The van der Waals surface area contributed by atoms with Crippen molar-refractivity contribution in [1.29, 1.82) is 0 Å². The normalized spacial score (nSPS) is 27.5. The monoisotopic (exact) mass is 661 g/mol. The molecule has 10 nitrogen and oxygen atoms in total. The molecule has 1 saturated heterocycles. The third kappa shape index (κ3) is 4.80. The van der Waals surface area contributed by atoms with Crippen LogP contribution >= 0.6 is 0 Å². The van der Waals surface area contributed by atoms with Gasteiger partial charge in [0.1, 0.15) is 17.2 Å². The summed E-state index contributed by atoms with van der Waals surface area (Å²) in [5, 5.41) is 20.0. The van der Waals surface area contributed by atoms with E-state index in [0.717, 1.165) is 4.90 Å². The number of carboxylic acids is 1. The molecule has 0 aromatic heterocycles. The van der Waals surface area contributed by atoms with Gasteiger partial charge in [0.05, 0.1) is 37.9 Å². The molecule has 1 saturated carbocycles. The Morgan fingerprint density at radius 2 is 1.53 bits per heavy atom. The van der Waals surface area contributed by atoms with E-state index >= 15 is 9.59 Å². The van der Waals surface area contributed by atoms with Gasteiger partial charge in [-0.15, -0.1) is 0 Å². The van der Waals surface area contributed by atoms with Crippen LogP contribution in [-0.2, 0) is 29.4 Å². The predicted octanol–water partition coefficient (Wildman–Crippen LogP) is 4.71. The molecule has 2 N–H and O–H groups in total. The molecule has 1 heterocycles. The van der Waals surface area contributed by atoms with Crippen LogP contribution in [0.1, 0.15) is 41.9 Å². The van der Waals surface area contributed by atoms with E-state index in [-0.39, 0.29) is 60.2 Å². The number of ether oxygens (including phenoxy) is 2. The highest BCUT2D eigenvalue weighted by molar-refractivity contribution is 6.31. The van der Waals surface area contributed by atoms with Crippen LogP contribution in [0.25, 0.3) is 5.57 Å². The van der Waals surface area contributed by atoms with Crippen LogP contribution in [0.5, 0.6) is 17.2 Å². The number of imide groups is 1. The van der Waals surface area contributed by atoms with Gasteiger partial charge in [-0.05, 0) is 36.0 Å². The number of nitrogens with zero attached hydrogens (tertiary/aromatic N) is 1. The molecule has 49 heavy (non-hydrogen) atoms. The van der Waals surface area contributed by atoms with E-state index < -0.39 is 52.8 Å². The van der Waals surface area contributed by atoms with Gasteiger partial charge in [0.2, 0.25) is 11.8 Å². The van der Waals surface area contributed by atoms with Crippen molar-refractivity contribution in [3.05, 3.63) is 107 Å². The highest BCUT2D eigenvalue weighted by Crippen LogP contribution is 2.65. The Hall–Kier alpha value is -5.51. The fourth-order valence-electron chi connectivity index (χ4n) is 8.89. The molecule has 7 rings (SSSR count). The summed E-state index contributed by atoms with van der Waals surface area (Å²) < 4.78 is 11.7. The van der Waals surface area contributed by atoms with Crippen molar-refractivity contribution in [3.63, 3.8) is 0 Å². The van der Waals surface area contributed by atoms with E-state index in [2.05, 4.69) is 0 Å². The summed E-state index contributed by atoms with van der Waals surface area (Å²) in [6.45, 7) is -0.249. The zero-order valence-corrected chi connectivity index (χ0v) is 27.0. The Morgan fingerprint density at radius 1 is 0.898 bits per heavy atom. The van der Waals surface area contributed by atoms with Crippen molar-refractivity contribution in [2.75, 3.05) is 20.8 Å². The second-order valence-corrected chi connectivity index (χ2v) is 13.0. The number of phenols is 1. The van der Waals surface area contributed by atoms with Gasteiger partial charge in [-0.1, -0.05) is 72.3 Å². The van der Waals surface area contributed by atoms with Crippen molar-refractivity contribution in [2.24, 2.45) is 23.7 Å². The first-order valence-electron chi connectivity index (χ1n) is 16.3. The standard InChI is InChI=1S/C39H35NO9/c1-48-29-17-23(41)18-30(49-2)34(29)35-24-13-14-25-33(38(47)40(37(25)46)16-15-32(43)44)27(24)19-28-36(45)26(21-9-5-3-6-10-21)20-31(42)39(28,35)22-11-7-4-8-12-22/h3-13,17-18,20,25,27-28,33,35,41H,14-16,19H2,1-2H3,(H,43,44)/t25-,27+,28-,33-,35+,39-/m0/s1. The number of hydrogen-bond donors (Lipinski definition) is 2. The van der Waals surface area contributed by atoms with E-state index in [1.807, 2.05) is 42.5 Å². The molecule has 1 aliphatic heterocycles. The maximum Gasteiger partial charge on any atom is 0.305 e. The number of carbonyl (C=O) groups excluding carboxylic acids is 4. The van der Waals surface area contributed by atoms with Gasteiger partial charge in [0.25, 0.3) is 0 Å². The summed E-state index contributed by atoms with van der Waals surface area (Å²) in [6, 6.07) is 21.0. The van der Waals surface area contributed by atoms with Crippen molar-refractivity contribution < 1.29 is 43.7 Å². The number of benzene rings is 3. The molecule has 0 bridgehead atoms. The Bertz CT molecular complexity index is 1920. The smallest absolute Gasteiger partial charge is 0.305 e. The Kier molecular flexibility index (Phi) is 7.97. The predicted molar refractivity (Wildman–Crippen MR) is 177 cm³/mol. The van der Waals surface area contributed by atoms with Gasteiger partial charge < -0.3 is 19.7 Å². The largest absolute Gasteiger partial charge is 0.508 e. The zero-order valence-electron chi connectivity index (χ0n) is 27.0. The molecule has 0 radical (unpaired) electrons. The van der Waals surface area contributed by atoms with Crippen LogP contribution < -0.4 is 9.47 Å². The number of allylic oxidation sites excluding steroid dienone is 4. The lowest BCUT2D eigenvalue weighted by Crippen LogP contribution is -2.59. The van der Waals surface area contributed by atoms with Gasteiger partial charge in [-0.3, -0.25) is 28.9 Å². The number of methoxy groups -OCH3 is 2. The summed E-state index contributed by atoms with van der Waals surface area (Å²) in [7, 11) is 2.88. The SMILES string of the molecule is COc1cc(O)cc(OC)c1[C@H]1C2=CC[C@@H]3C(=O)N(CCC(=O)O)C(=O)[C@@H]3[C@@H]2C[C@H]2C(=O)C(c3ccccc3)=CC(=O)[C@@]12c1ccccc1. The van der Waals surface area contributed by atoms with Crippen LogP contribution in [-0.4, -0.2) is 65.2 Å². The minimum Gasteiger partial charge on any atom is -0.508 e. The number of carbonyl (C=O) groups is 5. The van der Waals surface area contributed by atoms with Crippen LogP contribution in [0.2, 0.25) is 0 Å². The molecule has 0 unspecified atom stereocenters. The first kappa shape index (κ1) is 32.1. The molecule has 6 atom stereocenters. The molecular weight excluding hydrogens is 626 g/mol. The number of carboxylic acid groups (broad SMARTS) is 1. The maximum absolute atomic E-state index is 15.2. The average Bonchev–Trinajstić information content (AvgIpc) is 3.36. The highest BCUT2D eigenvalue weighted by Gasteiger charge is 2.66. The van der Waals surface area contributed by atoms with Crippen molar-refractivity contribution in [2.45, 2.75) is 30.6 Å². The average molecular weight is 662 g/mol. The molecule has 10 heteroatoms. The van der Waals surface area contributed by atoms with Crippen LogP contribution in [0.15, 0.2) is 90.5 Å². The lowest BCUT2D eigenvalue weighted by Gasteiger charge is -2.55. The van der Waals surface area contributed by atoms with E-state index in [4.69, 9.17) is 9.47 Å². The van der Waals surface area contributed by atoms with E-state index in [1.165, 1.54) is 32.4 Å². The molecular formula is C39H35NO9. The molecule has 4 aliphatic rings. The van der Waals surface area contributed by atoms with Crippen molar-refractivity contribution >= 4 is 34.9 Å². The highest BCUT2D eigenvalue weighted by atomic mass is 16.5. The topological polar surface area (TPSA) is 148 Å². The van der Waals surface area contributed by atoms with E-state index in [0.29, 0.717) is 22.3 Å². The van der Waals surface area contributed by atoms with Crippen LogP contribution in [0.3, 0.4) is 0 Å². The minimum atomic E-state index is -1.52. The van der Waals surface area contributed by atoms with Gasteiger partial charge in [-0.2, -0.15) is 0 Å². The Balaban J connectivity index is 1.52. The van der Waals surface area contributed by atoms with Crippen LogP contribution in [0.4, 0.5) is 0 Å². The number of likely N-dealkylation sites (tertiary alicyclic amines) is 1. The number of rotatable bonds is 8. The third-order valence-corrected chi connectivity index (χ3v) is 10.8. The number of fused-ring (bicyclic) bond motifs is 4. The van der Waals surface area contributed by atoms with Gasteiger partial charge in [-0.25, -0.2) is 0 Å². The number of ketones is 2. The first-order chi connectivity index (χ1) is 23.6. The summed E-state index contributed by atoms with van der Waals surface area (Å²) in [4.78, 5) is 70.4. The maximum atomic E-state index is 15.2. The second kappa shape index (κ2) is 12.2. The number of hydrogen-bond acceptors (Lipinski definition) is 8. The molecule has 0 spiro atoms.